The molecule has 2 atom stereocenters. The van der Waals surface area contributed by atoms with E-state index in [1.54, 1.807) is 0 Å². The molecule has 2 aromatic carbocycles. The Morgan fingerprint density at radius 2 is 1.36 bits per heavy atom. The predicted molar refractivity (Wildman–Crippen MR) is 90.6 cm³/mol. The smallest absolute Gasteiger partial charge is 0.0986 e. The second-order valence-corrected chi connectivity index (χ2v) is 6.43. The van der Waals surface area contributed by atoms with Gasteiger partial charge in [-0.25, -0.2) is 0 Å². The lowest BCUT2D eigenvalue weighted by molar-refractivity contribution is 0.0284. The van der Waals surface area contributed by atoms with Gasteiger partial charge >= 0.3 is 0 Å². The number of nitrogens with zero attached hydrogens (tertiary/aromatic N) is 1. The first-order valence-corrected chi connectivity index (χ1v) is 8.27. The summed E-state index contributed by atoms with van der Waals surface area (Å²) in [6, 6.07) is 20.5. The minimum Gasteiger partial charge on any atom is -0.386 e. The van der Waals surface area contributed by atoms with E-state index in [2.05, 4.69) is 36.1 Å². The fourth-order valence-corrected chi connectivity index (χ4v) is 3.38. The van der Waals surface area contributed by atoms with Gasteiger partial charge < -0.3 is 5.11 Å². The van der Waals surface area contributed by atoms with Gasteiger partial charge in [0.2, 0.25) is 0 Å². The second-order valence-electron chi connectivity index (χ2n) is 6.43. The quantitative estimate of drug-likeness (QED) is 0.914. The number of hydrogen-bond donors (Lipinski definition) is 1. The van der Waals surface area contributed by atoms with Crippen LogP contribution in [0.3, 0.4) is 0 Å². The van der Waals surface area contributed by atoms with E-state index in [-0.39, 0.29) is 6.04 Å². The van der Waals surface area contributed by atoms with E-state index in [1.165, 1.54) is 18.4 Å². The maximum absolute atomic E-state index is 11.0. The average molecular weight is 295 g/mol. The molecule has 0 amide bonds. The van der Waals surface area contributed by atoms with Crippen molar-refractivity contribution in [3.8, 4) is 0 Å². The Hall–Kier alpha value is -1.64. The summed E-state index contributed by atoms with van der Waals surface area (Å²) >= 11 is 0. The summed E-state index contributed by atoms with van der Waals surface area (Å²) in [5.41, 5.74) is 2.20. The van der Waals surface area contributed by atoms with Gasteiger partial charge in [0.15, 0.2) is 0 Å². The van der Waals surface area contributed by atoms with Crippen LogP contribution < -0.4 is 0 Å². The van der Waals surface area contributed by atoms with Crippen molar-refractivity contribution in [1.29, 1.82) is 0 Å². The highest BCUT2D eigenvalue weighted by Crippen LogP contribution is 2.36. The second kappa shape index (κ2) is 7.08. The van der Waals surface area contributed by atoms with E-state index < -0.39 is 6.10 Å². The fraction of sp³-hybridized carbons (Fsp3) is 0.400. The molecule has 0 aliphatic carbocycles. The van der Waals surface area contributed by atoms with E-state index in [9.17, 15) is 5.11 Å². The molecule has 2 heteroatoms. The van der Waals surface area contributed by atoms with Gasteiger partial charge in [0.1, 0.15) is 0 Å². The lowest BCUT2D eigenvalue weighted by atomic mass is 9.91. The largest absolute Gasteiger partial charge is 0.386 e. The molecule has 0 saturated carbocycles. The van der Waals surface area contributed by atoms with Gasteiger partial charge in [-0.05, 0) is 43.0 Å². The molecule has 0 radical (unpaired) electrons. The first kappa shape index (κ1) is 15.3. The van der Waals surface area contributed by atoms with Gasteiger partial charge in [0.05, 0.1) is 12.1 Å². The molecule has 116 valence electrons. The predicted octanol–water partition coefficient (Wildman–Crippen LogP) is 4.19. The Morgan fingerprint density at radius 1 is 0.864 bits per heavy atom. The fourth-order valence-electron chi connectivity index (χ4n) is 3.38. The van der Waals surface area contributed by atoms with Crippen LogP contribution in [0.4, 0.5) is 0 Å². The molecular weight excluding hydrogens is 270 g/mol. The lowest BCUT2D eigenvalue weighted by Crippen LogP contribution is -2.38. The standard InChI is InChI=1S/C20H25NO/c1-16-12-14-21(15-13-16)19(17-8-4-2-5-9-17)20(22)18-10-6-3-7-11-18/h2-11,16,19-20,22H,12-15H2,1H3/t19-,20+/m0/s1. The third-order valence-electron chi connectivity index (χ3n) is 4.79. The maximum Gasteiger partial charge on any atom is 0.0986 e. The first-order chi connectivity index (χ1) is 10.8. The summed E-state index contributed by atoms with van der Waals surface area (Å²) in [7, 11) is 0. The topological polar surface area (TPSA) is 23.5 Å². The van der Waals surface area contributed by atoms with Crippen LogP contribution >= 0.6 is 0 Å². The van der Waals surface area contributed by atoms with Crippen molar-refractivity contribution < 1.29 is 5.11 Å². The van der Waals surface area contributed by atoms with E-state index >= 15 is 0 Å². The highest BCUT2D eigenvalue weighted by molar-refractivity contribution is 5.26. The number of aliphatic hydroxyl groups is 1. The molecule has 1 fully saturated rings. The van der Waals surface area contributed by atoms with Crippen LogP contribution in [0.1, 0.15) is 43.0 Å². The van der Waals surface area contributed by atoms with Crippen molar-refractivity contribution in [1.82, 2.24) is 4.90 Å². The maximum atomic E-state index is 11.0. The molecule has 1 aliphatic rings. The molecule has 1 saturated heterocycles. The zero-order valence-electron chi connectivity index (χ0n) is 13.2. The molecule has 1 aliphatic heterocycles. The van der Waals surface area contributed by atoms with Crippen molar-refractivity contribution in [2.75, 3.05) is 13.1 Å². The SMILES string of the molecule is CC1CCN([C@@H](c2ccccc2)[C@H](O)c2ccccc2)CC1. The summed E-state index contributed by atoms with van der Waals surface area (Å²) < 4.78 is 0. The zero-order chi connectivity index (χ0) is 15.4. The van der Waals surface area contributed by atoms with Crippen LogP contribution in [-0.2, 0) is 0 Å². The molecule has 1 heterocycles. The molecule has 2 nitrogen and oxygen atoms in total. The Bertz CT molecular complexity index is 561. The van der Waals surface area contributed by atoms with Gasteiger partial charge in [-0.1, -0.05) is 67.6 Å². The van der Waals surface area contributed by atoms with E-state index in [0.29, 0.717) is 0 Å². The molecular formula is C20H25NO. The summed E-state index contributed by atoms with van der Waals surface area (Å²) in [5.74, 6) is 0.793. The summed E-state index contributed by atoms with van der Waals surface area (Å²) in [6.45, 7) is 4.44. The molecule has 2 aromatic rings. The van der Waals surface area contributed by atoms with Crippen LogP contribution in [0.5, 0.6) is 0 Å². The van der Waals surface area contributed by atoms with Crippen molar-refractivity contribution in [3.05, 3.63) is 71.8 Å². The number of rotatable bonds is 4. The first-order valence-electron chi connectivity index (χ1n) is 8.27. The molecule has 0 unspecified atom stereocenters. The number of hydrogen-bond acceptors (Lipinski definition) is 2. The third-order valence-corrected chi connectivity index (χ3v) is 4.79. The van der Waals surface area contributed by atoms with Gasteiger partial charge in [0, 0.05) is 0 Å². The van der Waals surface area contributed by atoms with Crippen LogP contribution in [0.25, 0.3) is 0 Å². The van der Waals surface area contributed by atoms with Gasteiger partial charge in [-0.3, -0.25) is 4.90 Å². The van der Waals surface area contributed by atoms with Gasteiger partial charge in [-0.15, -0.1) is 0 Å². The average Bonchev–Trinajstić information content (AvgIpc) is 2.58. The van der Waals surface area contributed by atoms with Crippen molar-refractivity contribution in [2.24, 2.45) is 5.92 Å². The molecule has 3 rings (SSSR count). The van der Waals surface area contributed by atoms with E-state index in [4.69, 9.17) is 0 Å². The summed E-state index contributed by atoms with van der Waals surface area (Å²) in [5, 5.41) is 11.0. The number of benzene rings is 2. The van der Waals surface area contributed by atoms with E-state index in [0.717, 1.165) is 24.6 Å². The van der Waals surface area contributed by atoms with Crippen LogP contribution in [-0.4, -0.2) is 23.1 Å². The molecule has 0 bridgehead atoms. The van der Waals surface area contributed by atoms with Crippen LogP contribution in [0.2, 0.25) is 0 Å². The Labute approximate surface area is 133 Å². The number of likely N-dealkylation sites (tertiary alicyclic amines) is 1. The molecule has 0 aromatic heterocycles. The van der Waals surface area contributed by atoms with Crippen LogP contribution in [0.15, 0.2) is 60.7 Å². The molecule has 0 spiro atoms. The molecule has 22 heavy (non-hydrogen) atoms. The Kier molecular flexibility index (Phi) is 4.91. The van der Waals surface area contributed by atoms with Crippen molar-refractivity contribution >= 4 is 0 Å². The Morgan fingerprint density at radius 3 is 1.91 bits per heavy atom. The monoisotopic (exact) mass is 295 g/mol. The normalized spacial score (nSPS) is 19.7. The number of aliphatic hydroxyl groups excluding tert-OH is 1. The van der Waals surface area contributed by atoms with Crippen molar-refractivity contribution in [3.63, 3.8) is 0 Å². The van der Waals surface area contributed by atoms with Gasteiger partial charge in [-0.2, -0.15) is 0 Å². The minimum atomic E-state index is -0.489. The van der Waals surface area contributed by atoms with Crippen molar-refractivity contribution in [2.45, 2.75) is 31.9 Å². The van der Waals surface area contributed by atoms with Crippen LogP contribution in [0, 0.1) is 5.92 Å². The Balaban J connectivity index is 1.89. The molecule has 1 N–H and O–H groups in total. The highest BCUT2D eigenvalue weighted by atomic mass is 16.3. The van der Waals surface area contributed by atoms with E-state index in [1.807, 2.05) is 36.4 Å². The third kappa shape index (κ3) is 3.40. The lowest BCUT2D eigenvalue weighted by Gasteiger charge is -2.39. The minimum absolute atomic E-state index is 0.0381. The summed E-state index contributed by atoms with van der Waals surface area (Å²) in [4.78, 5) is 2.45. The highest BCUT2D eigenvalue weighted by Gasteiger charge is 2.30. The van der Waals surface area contributed by atoms with Gasteiger partial charge in [0.25, 0.3) is 0 Å². The number of piperidine rings is 1. The summed E-state index contributed by atoms with van der Waals surface area (Å²) in [6.07, 6.45) is 1.94. The zero-order valence-corrected chi connectivity index (χ0v) is 13.2.